The Kier molecular flexibility index (Phi) is 4.12. The Balaban J connectivity index is 2.03. The number of hydrogen-bond acceptors (Lipinski definition) is 3. The van der Waals surface area contributed by atoms with E-state index in [9.17, 15) is 4.79 Å². The smallest absolute Gasteiger partial charge is 0.244 e. The third-order valence-corrected chi connectivity index (χ3v) is 2.96. The van der Waals surface area contributed by atoms with Crippen molar-refractivity contribution in [3.63, 3.8) is 0 Å². The predicted molar refractivity (Wildman–Crippen MR) is 65.4 cm³/mol. The van der Waals surface area contributed by atoms with Crippen molar-refractivity contribution in [3.8, 4) is 0 Å². The van der Waals surface area contributed by atoms with Crippen LogP contribution in [-0.4, -0.2) is 37.1 Å². The molecule has 1 aromatic rings. The second-order valence-electron chi connectivity index (χ2n) is 4.18. The van der Waals surface area contributed by atoms with Gasteiger partial charge in [0.1, 0.15) is 6.04 Å². The minimum absolute atomic E-state index is 0.0123. The first-order chi connectivity index (χ1) is 8.29. The molecule has 0 saturated carbocycles. The number of amides is 1. The van der Waals surface area contributed by atoms with E-state index in [2.05, 4.69) is 0 Å². The highest BCUT2D eigenvalue weighted by atomic mass is 16.5. The van der Waals surface area contributed by atoms with E-state index >= 15 is 0 Å². The molecule has 92 valence electrons. The molecular formula is C13H18N2O2. The monoisotopic (exact) mass is 234 g/mol. The molecule has 1 aliphatic heterocycles. The van der Waals surface area contributed by atoms with Crippen LogP contribution in [0.5, 0.6) is 0 Å². The number of nitrogens with two attached hydrogens (primary N) is 1. The van der Waals surface area contributed by atoms with Gasteiger partial charge >= 0.3 is 0 Å². The molecule has 4 nitrogen and oxygen atoms in total. The maximum Gasteiger partial charge on any atom is 0.244 e. The molecule has 1 atom stereocenters. The lowest BCUT2D eigenvalue weighted by Gasteiger charge is -2.23. The van der Waals surface area contributed by atoms with E-state index in [1.54, 1.807) is 4.90 Å². The van der Waals surface area contributed by atoms with Crippen LogP contribution in [0.25, 0.3) is 0 Å². The maximum atomic E-state index is 12.2. The summed E-state index contributed by atoms with van der Waals surface area (Å²) in [5.74, 6) is -0.0123. The second kappa shape index (κ2) is 5.80. The zero-order valence-electron chi connectivity index (χ0n) is 9.84. The van der Waals surface area contributed by atoms with Crippen molar-refractivity contribution >= 4 is 5.91 Å². The van der Waals surface area contributed by atoms with Gasteiger partial charge < -0.3 is 15.4 Å². The van der Waals surface area contributed by atoms with Crippen LogP contribution in [0.3, 0.4) is 0 Å². The number of nitrogens with zero attached hydrogens (tertiary/aromatic N) is 1. The van der Waals surface area contributed by atoms with Crippen LogP contribution in [0.2, 0.25) is 0 Å². The molecule has 1 amide bonds. The zero-order valence-corrected chi connectivity index (χ0v) is 9.84. The summed E-state index contributed by atoms with van der Waals surface area (Å²) < 4.78 is 5.33. The first-order valence-corrected chi connectivity index (χ1v) is 5.96. The molecule has 1 fully saturated rings. The van der Waals surface area contributed by atoms with Gasteiger partial charge in [0.2, 0.25) is 5.91 Å². The molecule has 0 aliphatic carbocycles. The molecule has 1 aromatic carbocycles. The molecule has 0 bridgehead atoms. The summed E-state index contributed by atoms with van der Waals surface area (Å²) in [4.78, 5) is 14.0. The highest BCUT2D eigenvalue weighted by Crippen LogP contribution is 2.13. The molecule has 1 heterocycles. The number of ether oxygens (including phenoxy) is 1. The van der Waals surface area contributed by atoms with Crippen LogP contribution in [0.1, 0.15) is 18.0 Å². The Hall–Kier alpha value is -1.39. The fourth-order valence-corrected chi connectivity index (χ4v) is 1.97. The molecule has 1 saturated heterocycles. The molecule has 2 rings (SSSR count). The summed E-state index contributed by atoms with van der Waals surface area (Å²) >= 11 is 0. The zero-order chi connectivity index (χ0) is 12.1. The largest absolute Gasteiger partial charge is 0.380 e. The van der Waals surface area contributed by atoms with Crippen LogP contribution in [-0.2, 0) is 9.53 Å². The third kappa shape index (κ3) is 3.05. The van der Waals surface area contributed by atoms with Gasteiger partial charge in [-0.1, -0.05) is 30.3 Å². The van der Waals surface area contributed by atoms with Crippen molar-refractivity contribution in [2.45, 2.75) is 12.5 Å². The molecule has 0 spiro atoms. The Morgan fingerprint density at radius 1 is 1.24 bits per heavy atom. The van der Waals surface area contributed by atoms with Crippen molar-refractivity contribution in [3.05, 3.63) is 35.9 Å². The lowest BCUT2D eigenvalue weighted by molar-refractivity contribution is -0.132. The highest BCUT2D eigenvalue weighted by molar-refractivity contribution is 5.83. The fourth-order valence-electron chi connectivity index (χ4n) is 1.97. The fraction of sp³-hybridized carbons (Fsp3) is 0.462. The summed E-state index contributed by atoms with van der Waals surface area (Å²) in [6.45, 7) is 2.70. The van der Waals surface area contributed by atoms with Gasteiger partial charge in [-0.05, 0) is 12.0 Å². The van der Waals surface area contributed by atoms with Gasteiger partial charge in [-0.3, -0.25) is 4.79 Å². The van der Waals surface area contributed by atoms with E-state index in [-0.39, 0.29) is 5.91 Å². The Labute approximate surface area is 101 Å². The maximum absolute atomic E-state index is 12.2. The topological polar surface area (TPSA) is 55.6 Å². The van der Waals surface area contributed by atoms with Crippen LogP contribution >= 0.6 is 0 Å². The number of benzene rings is 1. The Morgan fingerprint density at radius 2 is 2.00 bits per heavy atom. The predicted octanol–water partition coefficient (Wildman–Crippen LogP) is 0.935. The molecule has 1 unspecified atom stereocenters. The third-order valence-electron chi connectivity index (χ3n) is 2.96. The van der Waals surface area contributed by atoms with Gasteiger partial charge in [0.15, 0.2) is 0 Å². The van der Waals surface area contributed by atoms with E-state index in [0.29, 0.717) is 13.2 Å². The molecule has 2 N–H and O–H groups in total. The van der Waals surface area contributed by atoms with Crippen LogP contribution < -0.4 is 5.73 Å². The van der Waals surface area contributed by atoms with Crippen LogP contribution in [0.15, 0.2) is 30.3 Å². The van der Waals surface area contributed by atoms with E-state index < -0.39 is 6.04 Å². The first-order valence-electron chi connectivity index (χ1n) is 5.96. The lowest BCUT2D eigenvalue weighted by atomic mass is 10.1. The normalized spacial score (nSPS) is 18.5. The Bertz CT molecular complexity index is 359. The molecule has 17 heavy (non-hydrogen) atoms. The van der Waals surface area contributed by atoms with Gasteiger partial charge in [-0.2, -0.15) is 0 Å². The van der Waals surface area contributed by atoms with E-state index in [0.717, 1.165) is 25.1 Å². The van der Waals surface area contributed by atoms with Crippen LogP contribution in [0.4, 0.5) is 0 Å². The quantitative estimate of drug-likeness (QED) is 0.828. The average molecular weight is 234 g/mol. The Morgan fingerprint density at radius 3 is 2.76 bits per heavy atom. The summed E-state index contributed by atoms with van der Waals surface area (Å²) in [6, 6.07) is 8.92. The van der Waals surface area contributed by atoms with Crippen molar-refractivity contribution in [1.29, 1.82) is 0 Å². The number of carbonyl (C=O) groups excluding carboxylic acids is 1. The van der Waals surface area contributed by atoms with Crippen molar-refractivity contribution in [2.75, 3.05) is 26.3 Å². The second-order valence-corrected chi connectivity index (χ2v) is 4.18. The van der Waals surface area contributed by atoms with Gasteiger partial charge in [0.25, 0.3) is 0 Å². The van der Waals surface area contributed by atoms with Crippen molar-refractivity contribution in [2.24, 2.45) is 5.73 Å². The lowest BCUT2D eigenvalue weighted by Crippen LogP contribution is -2.39. The van der Waals surface area contributed by atoms with E-state index in [1.165, 1.54) is 0 Å². The SMILES string of the molecule is NC(C(=O)N1CCCOCC1)c1ccccc1. The van der Waals surface area contributed by atoms with Gasteiger partial charge in [-0.15, -0.1) is 0 Å². The minimum Gasteiger partial charge on any atom is -0.380 e. The number of rotatable bonds is 2. The van der Waals surface area contributed by atoms with Crippen molar-refractivity contribution < 1.29 is 9.53 Å². The summed E-state index contributed by atoms with van der Waals surface area (Å²) in [5, 5.41) is 0. The summed E-state index contributed by atoms with van der Waals surface area (Å²) in [7, 11) is 0. The standard InChI is InChI=1S/C13H18N2O2/c14-12(11-5-2-1-3-6-11)13(16)15-7-4-9-17-10-8-15/h1-3,5-6,12H,4,7-10,14H2. The molecular weight excluding hydrogens is 216 g/mol. The molecule has 0 radical (unpaired) electrons. The van der Waals surface area contributed by atoms with E-state index in [4.69, 9.17) is 10.5 Å². The summed E-state index contributed by atoms with van der Waals surface area (Å²) in [5.41, 5.74) is 6.85. The average Bonchev–Trinajstić information content (AvgIpc) is 2.67. The van der Waals surface area contributed by atoms with Crippen molar-refractivity contribution in [1.82, 2.24) is 4.90 Å². The van der Waals surface area contributed by atoms with Gasteiger partial charge in [0.05, 0.1) is 6.61 Å². The first kappa shape index (κ1) is 12.1. The van der Waals surface area contributed by atoms with Gasteiger partial charge in [-0.25, -0.2) is 0 Å². The van der Waals surface area contributed by atoms with Crippen LogP contribution in [0, 0.1) is 0 Å². The summed E-state index contributed by atoms with van der Waals surface area (Å²) in [6.07, 6.45) is 0.882. The molecule has 4 heteroatoms. The number of hydrogen-bond donors (Lipinski definition) is 1. The molecule has 0 aromatic heterocycles. The van der Waals surface area contributed by atoms with E-state index in [1.807, 2.05) is 30.3 Å². The highest BCUT2D eigenvalue weighted by Gasteiger charge is 2.22. The minimum atomic E-state index is -0.561. The molecule has 1 aliphatic rings. The van der Waals surface area contributed by atoms with Gasteiger partial charge in [0, 0.05) is 19.7 Å². The number of carbonyl (C=O) groups is 1.